The monoisotopic (exact) mass is 183 g/mol. The molecule has 1 atom stereocenters. The Labute approximate surface area is 79.0 Å². The van der Waals surface area contributed by atoms with Crippen LogP contribution in [-0.2, 0) is 4.79 Å². The molecule has 1 saturated heterocycles. The molecular weight excluding hydrogens is 166 g/mol. The van der Waals surface area contributed by atoms with Gasteiger partial charge in [0.05, 0.1) is 11.5 Å². The van der Waals surface area contributed by atoms with Crippen molar-refractivity contribution in [3.8, 4) is 0 Å². The molecule has 1 aliphatic heterocycles. The molecule has 1 fully saturated rings. The summed E-state index contributed by atoms with van der Waals surface area (Å²) >= 11 is 0. The van der Waals surface area contributed by atoms with Crippen molar-refractivity contribution in [2.75, 3.05) is 13.1 Å². The van der Waals surface area contributed by atoms with Gasteiger partial charge in [-0.05, 0) is 20.3 Å². The van der Waals surface area contributed by atoms with Crippen molar-refractivity contribution in [3.63, 3.8) is 0 Å². The summed E-state index contributed by atoms with van der Waals surface area (Å²) in [6.45, 7) is 8.45. The highest BCUT2D eigenvalue weighted by Gasteiger charge is 2.33. The summed E-state index contributed by atoms with van der Waals surface area (Å²) in [6, 6.07) is 0. The van der Waals surface area contributed by atoms with Gasteiger partial charge in [-0.3, -0.25) is 4.79 Å². The van der Waals surface area contributed by atoms with Crippen molar-refractivity contribution in [1.29, 1.82) is 0 Å². The molecule has 3 heteroatoms. The van der Waals surface area contributed by atoms with Crippen LogP contribution >= 0.6 is 0 Å². The van der Waals surface area contributed by atoms with Crippen LogP contribution in [0.1, 0.15) is 20.3 Å². The molecule has 0 spiro atoms. The molecule has 0 radical (unpaired) electrons. The van der Waals surface area contributed by atoms with Crippen LogP contribution in [0.15, 0.2) is 12.7 Å². The van der Waals surface area contributed by atoms with E-state index in [1.165, 1.54) is 0 Å². The number of carbonyl (C=O) groups excluding carboxylic acids is 1. The van der Waals surface area contributed by atoms with Crippen LogP contribution in [-0.4, -0.2) is 35.1 Å². The third kappa shape index (κ3) is 2.10. The highest BCUT2D eigenvalue weighted by molar-refractivity contribution is 5.84. The molecule has 1 heterocycles. The van der Waals surface area contributed by atoms with Gasteiger partial charge in [0.25, 0.3) is 0 Å². The molecule has 0 saturated carbocycles. The summed E-state index contributed by atoms with van der Waals surface area (Å²) in [5.74, 6) is 0.0547. The predicted molar refractivity (Wildman–Crippen MR) is 51.2 cm³/mol. The molecule has 1 N–H and O–H groups in total. The minimum atomic E-state index is -0.510. The average molecular weight is 183 g/mol. The fraction of sp³-hybridized carbons (Fsp3) is 0.700. The van der Waals surface area contributed by atoms with Crippen LogP contribution in [0, 0.1) is 5.41 Å². The van der Waals surface area contributed by atoms with Gasteiger partial charge in [-0.1, -0.05) is 6.08 Å². The third-order valence-corrected chi connectivity index (χ3v) is 2.51. The maximum Gasteiger partial charge on any atom is 0.232 e. The normalized spacial score (nSPS) is 23.3. The lowest BCUT2D eigenvalue weighted by Crippen LogP contribution is -2.38. The third-order valence-electron chi connectivity index (χ3n) is 2.51. The number of nitrogens with zero attached hydrogens (tertiary/aromatic N) is 1. The molecule has 1 unspecified atom stereocenters. The summed E-state index contributed by atoms with van der Waals surface area (Å²) in [5.41, 5.74) is -0.510. The van der Waals surface area contributed by atoms with Crippen LogP contribution in [0.4, 0.5) is 0 Å². The molecule has 74 valence electrons. The fourth-order valence-electron chi connectivity index (χ4n) is 1.42. The lowest BCUT2D eigenvalue weighted by molar-refractivity contribution is -0.137. The molecule has 1 amide bonds. The van der Waals surface area contributed by atoms with Gasteiger partial charge in [0, 0.05) is 13.1 Å². The second-order valence-electron chi connectivity index (χ2n) is 4.12. The van der Waals surface area contributed by atoms with Gasteiger partial charge < -0.3 is 10.0 Å². The SMILES string of the molecule is C=CC(C)(C)C(=O)N1CCC(O)C1. The Morgan fingerprint density at radius 3 is 2.69 bits per heavy atom. The number of rotatable bonds is 2. The van der Waals surface area contributed by atoms with E-state index in [2.05, 4.69) is 6.58 Å². The highest BCUT2D eigenvalue weighted by Crippen LogP contribution is 2.22. The summed E-state index contributed by atoms with van der Waals surface area (Å²) in [4.78, 5) is 13.5. The fourth-order valence-corrected chi connectivity index (χ4v) is 1.42. The Bertz CT molecular complexity index is 223. The first-order valence-corrected chi connectivity index (χ1v) is 4.58. The summed E-state index contributed by atoms with van der Waals surface area (Å²) < 4.78 is 0. The number of aliphatic hydroxyl groups excluding tert-OH is 1. The van der Waals surface area contributed by atoms with Gasteiger partial charge in [-0.15, -0.1) is 6.58 Å². The van der Waals surface area contributed by atoms with E-state index in [9.17, 15) is 9.90 Å². The Balaban J connectivity index is 2.63. The Kier molecular flexibility index (Phi) is 2.76. The van der Waals surface area contributed by atoms with Crippen molar-refractivity contribution >= 4 is 5.91 Å². The quantitative estimate of drug-likeness (QED) is 0.643. The topological polar surface area (TPSA) is 40.5 Å². The minimum absolute atomic E-state index is 0.0547. The molecule has 3 nitrogen and oxygen atoms in total. The smallest absolute Gasteiger partial charge is 0.232 e. The van der Waals surface area contributed by atoms with Crippen LogP contribution in [0.2, 0.25) is 0 Å². The van der Waals surface area contributed by atoms with E-state index >= 15 is 0 Å². The largest absolute Gasteiger partial charge is 0.391 e. The van der Waals surface area contributed by atoms with Gasteiger partial charge in [-0.2, -0.15) is 0 Å². The first-order chi connectivity index (χ1) is 5.97. The van der Waals surface area contributed by atoms with Crippen molar-refractivity contribution in [2.45, 2.75) is 26.4 Å². The molecule has 0 bridgehead atoms. The number of hydrogen-bond donors (Lipinski definition) is 1. The average Bonchev–Trinajstić information content (AvgIpc) is 2.50. The van der Waals surface area contributed by atoms with E-state index in [4.69, 9.17) is 0 Å². The zero-order valence-corrected chi connectivity index (χ0v) is 8.29. The molecule has 0 aromatic carbocycles. The van der Waals surface area contributed by atoms with Gasteiger partial charge in [-0.25, -0.2) is 0 Å². The minimum Gasteiger partial charge on any atom is -0.391 e. The number of hydrogen-bond acceptors (Lipinski definition) is 2. The molecule has 0 aromatic rings. The number of carbonyl (C=O) groups is 1. The van der Waals surface area contributed by atoms with Crippen molar-refractivity contribution in [3.05, 3.63) is 12.7 Å². The molecule has 1 aliphatic rings. The van der Waals surface area contributed by atoms with E-state index in [-0.39, 0.29) is 12.0 Å². The molecule has 0 aromatic heterocycles. The van der Waals surface area contributed by atoms with E-state index in [1.807, 2.05) is 13.8 Å². The highest BCUT2D eigenvalue weighted by atomic mass is 16.3. The van der Waals surface area contributed by atoms with Crippen LogP contribution in [0.25, 0.3) is 0 Å². The van der Waals surface area contributed by atoms with E-state index < -0.39 is 5.41 Å². The van der Waals surface area contributed by atoms with Crippen molar-refractivity contribution in [1.82, 2.24) is 4.90 Å². The van der Waals surface area contributed by atoms with Gasteiger partial charge >= 0.3 is 0 Å². The predicted octanol–water partition coefficient (Wildman–Crippen LogP) is 0.792. The summed E-state index contributed by atoms with van der Waals surface area (Å²) in [6.07, 6.45) is 2.00. The second kappa shape index (κ2) is 3.50. The number of amides is 1. The summed E-state index contributed by atoms with van der Waals surface area (Å²) in [7, 11) is 0. The lowest BCUT2D eigenvalue weighted by Gasteiger charge is -2.25. The molecule has 13 heavy (non-hydrogen) atoms. The first-order valence-electron chi connectivity index (χ1n) is 4.58. The van der Waals surface area contributed by atoms with Crippen LogP contribution in [0.5, 0.6) is 0 Å². The Morgan fingerprint density at radius 2 is 2.31 bits per heavy atom. The van der Waals surface area contributed by atoms with Gasteiger partial charge in [0.2, 0.25) is 5.91 Å². The second-order valence-corrected chi connectivity index (χ2v) is 4.12. The van der Waals surface area contributed by atoms with Gasteiger partial charge in [0.1, 0.15) is 0 Å². The van der Waals surface area contributed by atoms with Gasteiger partial charge in [0.15, 0.2) is 0 Å². The van der Waals surface area contributed by atoms with Crippen molar-refractivity contribution in [2.24, 2.45) is 5.41 Å². The summed E-state index contributed by atoms with van der Waals surface area (Å²) in [5, 5.41) is 9.27. The Morgan fingerprint density at radius 1 is 1.69 bits per heavy atom. The van der Waals surface area contributed by atoms with E-state index in [0.29, 0.717) is 19.5 Å². The number of likely N-dealkylation sites (tertiary alicyclic amines) is 1. The zero-order valence-electron chi connectivity index (χ0n) is 8.29. The lowest BCUT2D eigenvalue weighted by atomic mass is 9.92. The van der Waals surface area contributed by atoms with Crippen molar-refractivity contribution < 1.29 is 9.90 Å². The number of aliphatic hydroxyl groups is 1. The van der Waals surface area contributed by atoms with Crippen LogP contribution in [0.3, 0.4) is 0 Å². The van der Waals surface area contributed by atoms with E-state index in [0.717, 1.165) is 0 Å². The standard InChI is InChI=1S/C10H17NO2/c1-4-10(2,3)9(13)11-6-5-8(12)7-11/h4,8,12H,1,5-7H2,2-3H3. The molecule has 0 aliphatic carbocycles. The maximum absolute atomic E-state index is 11.8. The van der Waals surface area contributed by atoms with E-state index in [1.54, 1.807) is 11.0 Å². The number of β-amino-alcohol motifs (C(OH)–C–C–N with tert-alkyl or cyclic N) is 1. The maximum atomic E-state index is 11.8. The Hall–Kier alpha value is -0.830. The molecular formula is C10H17NO2. The first kappa shape index (κ1) is 10.3. The van der Waals surface area contributed by atoms with Crippen LogP contribution < -0.4 is 0 Å². The molecule has 1 rings (SSSR count). The zero-order chi connectivity index (χ0) is 10.1.